The van der Waals surface area contributed by atoms with E-state index in [1.807, 2.05) is 0 Å². The zero-order valence-corrected chi connectivity index (χ0v) is 12.5. The Morgan fingerprint density at radius 2 is 2.25 bits per heavy atom. The van der Waals surface area contributed by atoms with Crippen molar-refractivity contribution in [3.05, 3.63) is 35.1 Å². The smallest absolute Gasteiger partial charge is 0.126 e. The molecular weight excluding hydrogens is 257 g/mol. The lowest BCUT2D eigenvalue weighted by molar-refractivity contribution is 0.0748. The van der Waals surface area contributed by atoms with Crippen LogP contribution in [0.5, 0.6) is 0 Å². The Labute approximate surface area is 120 Å². The summed E-state index contributed by atoms with van der Waals surface area (Å²) in [6.07, 6.45) is 1.26. The molecule has 1 aliphatic heterocycles. The van der Waals surface area contributed by atoms with Crippen LogP contribution in [0.1, 0.15) is 37.0 Å². The fourth-order valence-electron chi connectivity index (χ4n) is 2.77. The second kappa shape index (κ2) is 6.66. The zero-order valence-electron chi connectivity index (χ0n) is 12.5. The van der Waals surface area contributed by atoms with Gasteiger partial charge in [-0.2, -0.15) is 0 Å². The van der Waals surface area contributed by atoms with E-state index in [0.717, 1.165) is 19.6 Å². The van der Waals surface area contributed by atoms with Gasteiger partial charge >= 0.3 is 0 Å². The summed E-state index contributed by atoms with van der Waals surface area (Å²) < 4.78 is 19.1. The van der Waals surface area contributed by atoms with E-state index in [2.05, 4.69) is 18.9 Å². The largest absolute Gasteiger partial charge is 0.388 e. The van der Waals surface area contributed by atoms with Crippen molar-refractivity contribution < 1.29 is 14.2 Å². The Morgan fingerprint density at radius 1 is 1.50 bits per heavy atom. The zero-order chi connectivity index (χ0) is 14.7. The number of aryl methyl sites for hydroxylation is 1. The summed E-state index contributed by atoms with van der Waals surface area (Å²) in [5.74, 6) is -0.257. The molecule has 0 bridgehead atoms. The van der Waals surface area contributed by atoms with E-state index in [9.17, 15) is 9.50 Å². The van der Waals surface area contributed by atoms with Gasteiger partial charge in [0.25, 0.3) is 0 Å². The average Bonchev–Trinajstić information content (AvgIpc) is 2.85. The van der Waals surface area contributed by atoms with E-state index in [1.54, 1.807) is 19.1 Å². The van der Waals surface area contributed by atoms with Gasteiger partial charge in [0.2, 0.25) is 0 Å². The summed E-state index contributed by atoms with van der Waals surface area (Å²) in [4.78, 5) is 2.23. The highest BCUT2D eigenvalue weighted by Gasteiger charge is 2.27. The number of hydrogen-bond acceptors (Lipinski definition) is 3. The first-order chi connectivity index (χ1) is 9.49. The van der Waals surface area contributed by atoms with Crippen LogP contribution in [0.3, 0.4) is 0 Å². The first-order valence-corrected chi connectivity index (χ1v) is 7.25. The van der Waals surface area contributed by atoms with E-state index >= 15 is 0 Å². The third-order valence-electron chi connectivity index (χ3n) is 4.24. The lowest BCUT2D eigenvalue weighted by Gasteiger charge is -2.27. The minimum Gasteiger partial charge on any atom is -0.388 e. The Morgan fingerprint density at radius 3 is 2.85 bits per heavy atom. The van der Waals surface area contributed by atoms with Crippen molar-refractivity contribution in [1.29, 1.82) is 0 Å². The van der Waals surface area contributed by atoms with E-state index in [4.69, 9.17) is 4.74 Å². The number of aliphatic hydroxyl groups is 1. The molecule has 0 amide bonds. The Hall–Kier alpha value is -0.970. The SMILES string of the molecule is Cc1ccc(C(O)CCN(C)C2CCOC2C)cc1F. The maximum atomic E-state index is 13.5. The van der Waals surface area contributed by atoms with E-state index in [-0.39, 0.29) is 11.9 Å². The molecule has 1 fully saturated rings. The fraction of sp³-hybridized carbons (Fsp3) is 0.625. The Kier molecular flexibility index (Phi) is 5.13. The quantitative estimate of drug-likeness (QED) is 0.900. The first kappa shape index (κ1) is 15.4. The molecule has 0 spiro atoms. The first-order valence-electron chi connectivity index (χ1n) is 7.25. The molecule has 1 aliphatic rings. The highest BCUT2D eigenvalue weighted by molar-refractivity contribution is 5.24. The van der Waals surface area contributed by atoms with Gasteiger partial charge in [0.15, 0.2) is 0 Å². The van der Waals surface area contributed by atoms with Crippen LogP contribution in [0.2, 0.25) is 0 Å². The van der Waals surface area contributed by atoms with Crippen molar-refractivity contribution in [3.8, 4) is 0 Å². The monoisotopic (exact) mass is 281 g/mol. The third-order valence-corrected chi connectivity index (χ3v) is 4.24. The van der Waals surface area contributed by atoms with Gasteiger partial charge in [-0.15, -0.1) is 0 Å². The highest BCUT2D eigenvalue weighted by atomic mass is 19.1. The topological polar surface area (TPSA) is 32.7 Å². The molecule has 3 unspecified atom stereocenters. The molecule has 3 atom stereocenters. The minimum atomic E-state index is -0.620. The van der Waals surface area contributed by atoms with Crippen molar-refractivity contribution in [3.63, 3.8) is 0 Å². The summed E-state index contributed by atoms with van der Waals surface area (Å²) in [6.45, 7) is 5.39. The lowest BCUT2D eigenvalue weighted by atomic mass is 10.0. The number of benzene rings is 1. The molecule has 1 aromatic rings. The van der Waals surface area contributed by atoms with Crippen molar-refractivity contribution in [2.75, 3.05) is 20.2 Å². The standard InChI is InChI=1S/C16H24FNO2/c1-11-4-5-13(10-14(11)17)16(19)6-8-18(3)15-7-9-20-12(15)2/h4-5,10,12,15-16,19H,6-9H2,1-3H3. The predicted octanol–water partition coefficient (Wildman–Crippen LogP) is 2.67. The van der Waals surface area contributed by atoms with Crippen LogP contribution < -0.4 is 0 Å². The molecule has 0 aromatic heterocycles. The molecule has 1 saturated heterocycles. The average molecular weight is 281 g/mol. The van der Waals surface area contributed by atoms with Crippen LogP contribution in [-0.2, 0) is 4.74 Å². The molecular formula is C16H24FNO2. The molecule has 0 aliphatic carbocycles. The third kappa shape index (κ3) is 3.57. The normalized spacial score (nSPS) is 24.3. The second-order valence-corrected chi connectivity index (χ2v) is 5.73. The van der Waals surface area contributed by atoms with Crippen molar-refractivity contribution >= 4 is 0 Å². The second-order valence-electron chi connectivity index (χ2n) is 5.73. The van der Waals surface area contributed by atoms with Gasteiger partial charge in [-0.25, -0.2) is 4.39 Å². The molecule has 4 heteroatoms. The van der Waals surface area contributed by atoms with E-state index < -0.39 is 6.10 Å². The van der Waals surface area contributed by atoms with Gasteiger partial charge in [0, 0.05) is 19.2 Å². The number of nitrogens with zero attached hydrogens (tertiary/aromatic N) is 1. The Bertz CT molecular complexity index is 452. The van der Waals surface area contributed by atoms with Crippen LogP contribution in [-0.4, -0.2) is 42.4 Å². The molecule has 0 saturated carbocycles. The van der Waals surface area contributed by atoms with Gasteiger partial charge < -0.3 is 14.7 Å². The number of ether oxygens (including phenoxy) is 1. The van der Waals surface area contributed by atoms with Gasteiger partial charge in [0.1, 0.15) is 5.82 Å². The number of aliphatic hydroxyl groups excluding tert-OH is 1. The van der Waals surface area contributed by atoms with Crippen molar-refractivity contribution in [2.24, 2.45) is 0 Å². The summed E-state index contributed by atoms with van der Waals surface area (Å²) >= 11 is 0. The van der Waals surface area contributed by atoms with Gasteiger partial charge in [-0.05, 0) is 50.9 Å². The maximum absolute atomic E-state index is 13.5. The lowest BCUT2D eigenvalue weighted by Crippen LogP contribution is -2.37. The van der Waals surface area contributed by atoms with E-state index in [0.29, 0.717) is 23.6 Å². The number of likely N-dealkylation sites (N-methyl/N-ethyl adjacent to an activating group) is 1. The molecule has 1 heterocycles. The number of halogens is 1. The molecule has 2 rings (SSSR count). The maximum Gasteiger partial charge on any atom is 0.126 e. The number of rotatable bonds is 5. The molecule has 112 valence electrons. The van der Waals surface area contributed by atoms with Gasteiger partial charge in [-0.3, -0.25) is 0 Å². The van der Waals surface area contributed by atoms with Gasteiger partial charge in [0.05, 0.1) is 12.2 Å². The number of hydrogen-bond donors (Lipinski definition) is 1. The molecule has 20 heavy (non-hydrogen) atoms. The van der Waals surface area contributed by atoms with Crippen molar-refractivity contribution in [1.82, 2.24) is 4.90 Å². The predicted molar refractivity (Wildman–Crippen MR) is 77.2 cm³/mol. The summed E-state index contributed by atoms with van der Waals surface area (Å²) in [5.41, 5.74) is 1.26. The fourth-order valence-corrected chi connectivity index (χ4v) is 2.77. The van der Waals surface area contributed by atoms with Crippen LogP contribution >= 0.6 is 0 Å². The summed E-state index contributed by atoms with van der Waals surface area (Å²) in [6, 6.07) is 5.35. The summed E-state index contributed by atoms with van der Waals surface area (Å²) in [5, 5.41) is 10.2. The van der Waals surface area contributed by atoms with E-state index in [1.165, 1.54) is 6.07 Å². The highest BCUT2D eigenvalue weighted by Crippen LogP contribution is 2.22. The van der Waals surface area contributed by atoms with Crippen LogP contribution in [0, 0.1) is 12.7 Å². The summed E-state index contributed by atoms with van der Waals surface area (Å²) in [7, 11) is 2.05. The molecule has 3 nitrogen and oxygen atoms in total. The molecule has 1 N–H and O–H groups in total. The van der Waals surface area contributed by atoms with Crippen LogP contribution in [0.15, 0.2) is 18.2 Å². The minimum absolute atomic E-state index is 0.244. The molecule has 0 radical (unpaired) electrons. The van der Waals surface area contributed by atoms with Gasteiger partial charge in [-0.1, -0.05) is 12.1 Å². The van der Waals surface area contributed by atoms with Crippen molar-refractivity contribution in [2.45, 2.75) is 44.9 Å². The molecule has 1 aromatic carbocycles. The Balaban J connectivity index is 1.88. The van der Waals surface area contributed by atoms with Crippen LogP contribution in [0.4, 0.5) is 4.39 Å². The van der Waals surface area contributed by atoms with Crippen LogP contribution in [0.25, 0.3) is 0 Å².